The van der Waals surface area contributed by atoms with Crippen LogP contribution >= 0.6 is 0 Å². The van der Waals surface area contributed by atoms with E-state index in [9.17, 15) is 19.5 Å². The van der Waals surface area contributed by atoms with Gasteiger partial charge in [0.05, 0.1) is 6.04 Å². The van der Waals surface area contributed by atoms with Gasteiger partial charge in [-0.3, -0.25) is 14.4 Å². The Labute approximate surface area is 259 Å². The van der Waals surface area contributed by atoms with Gasteiger partial charge in [-0.1, -0.05) is 86.7 Å². The number of ether oxygens (including phenoxy) is 1. The highest BCUT2D eigenvalue weighted by molar-refractivity contribution is 5.98. The number of hydrogen-bond acceptors (Lipinski definition) is 5. The third kappa shape index (κ3) is 8.47. The molecule has 1 saturated carbocycles. The Bertz CT molecular complexity index is 1370. The molecule has 8 heteroatoms. The van der Waals surface area contributed by atoms with Crippen molar-refractivity contribution >= 4 is 17.7 Å². The zero-order valence-corrected chi connectivity index (χ0v) is 25.2. The molecule has 1 aliphatic heterocycles. The number of aliphatic hydroxyl groups is 1. The average molecular weight is 598 g/mol. The van der Waals surface area contributed by atoms with Crippen molar-refractivity contribution in [3.8, 4) is 11.5 Å². The molecular formula is C36H43N3O5. The molecule has 3 aromatic rings. The number of nitrogens with zero attached hydrogens (tertiary/aromatic N) is 1. The molecule has 232 valence electrons. The van der Waals surface area contributed by atoms with Crippen molar-refractivity contribution in [2.75, 3.05) is 6.54 Å². The molecule has 0 radical (unpaired) electrons. The Morgan fingerprint density at radius 2 is 1.45 bits per heavy atom. The van der Waals surface area contributed by atoms with Gasteiger partial charge in [0.1, 0.15) is 17.5 Å². The van der Waals surface area contributed by atoms with E-state index in [-0.39, 0.29) is 18.4 Å². The van der Waals surface area contributed by atoms with Gasteiger partial charge in [0.2, 0.25) is 5.91 Å². The number of rotatable bonds is 10. The monoisotopic (exact) mass is 597 g/mol. The van der Waals surface area contributed by atoms with Crippen molar-refractivity contribution in [3.63, 3.8) is 0 Å². The molecule has 1 aliphatic carbocycles. The van der Waals surface area contributed by atoms with E-state index in [4.69, 9.17) is 4.74 Å². The lowest BCUT2D eigenvalue weighted by Gasteiger charge is -2.32. The summed E-state index contributed by atoms with van der Waals surface area (Å²) in [6, 6.07) is 24.2. The van der Waals surface area contributed by atoms with E-state index in [1.54, 1.807) is 29.2 Å². The Balaban J connectivity index is 1.29. The number of para-hydroxylation sites is 1. The second-order valence-corrected chi connectivity index (χ2v) is 11.9. The van der Waals surface area contributed by atoms with Gasteiger partial charge >= 0.3 is 0 Å². The molecule has 3 aromatic carbocycles. The fourth-order valence-electron chi connectivity index (χ4n) is 6.27. The van der Waals surface area contributed by atoms with Gasteiger partial charge in [0, 0.05) is 24.6 Å². The number of likely N-dealkylation sites (tertiary alicyclic amines) is 1. The maximum atomic E-state index is 14.1. The Morgan fingerprint density at radius 1 is 0.795 bits per heavy atom. The first-order chi connectivity index (χ1) is 21.5. The van der Waals surface area contributed by atoms with Crippen LogP contribution in [0.4, 0.5) is 0 Å². The summed E-state index contributed by atoms with van der Waals surface area (Å²) in [7, 11) is 0. The number of amides is 3. The number of hydrogen-bond donors (Lipinski definition) is 3. The summed E-state index contributed by atoms with van der Waals surface area (Å²) in [5, 5.41) is 17.2. The topological polar surface area (TPSA) is 108 Å². The Hall–Kier alpha value is -4.17. The zero-order valence-electron chi connectivity index (χ0n) is 25.2. The van der Waals surface area contributed by atoms with Crippen LogP contribution in [0.5, 0.6) is 11.5 Å². The van der Waals surface area contributed by atoms with Crippen LogP contribution in [0.15, 0.2) is 84.9 Å². The minimum atomic E-state index is -1.33. The van der Waals surface area contributed by atoms with Crippen LogP contribution in [0.2, 0.25) is 0 Å². The first-order valence-electron chi connectivity index (χ1n) is 15.9. The molecule has 2 aliphatic rings. The molecule has 0 bridgehead atoms. The summed E-state index contributed by atoms with van der Waals surface area (Å²) in [6.07, 6.45) is 7.67. The highest BCUT2D eigenvalue weighted by Gasteiger charge is 2.40. The van der Waals surface area contributed by atoms with Crippen LogP contribution in [0, 0.1) is 0 Å². The SMILES string of the molecule is O=C(N[C@@H](Cc1ccccc1)C(=O)N1CCC[C@H]1C(O)C(=O)NC1CCCCCCC1)c1cccc(Oc2ccccc2)c1. The van der Waals surface area contributed by atoms with Gasteiger partial charge in [-0.2, -0.15) is 0 Å². The largest absolute Gasteiger partial charge is 0.457 e. The maximum absolute atomic E-state index is 14.1. The van der Waals surface area contributed by atoms with Crippen molar-refractivity contribution in [3.05, 3.63) is 96.1 Å². The average Bonchev–Trinajstić information content (AvgIpc) is 3.52. The fourth-order valence-corrected chi connectivity index (χ4v) is 6.27. The van der Waals surface area contributed by atoms with Crippen molar-refractivity contribution in [1.82, 2.24) is 15.5 Å². The lowest BCUT2D eigenvalue weighted by atomic mass is 9.96. The molecule has 1 unspecified atom stereocenters. The number of carbonyl (C=O) groups is 3. The standard InChI is InChI=1S/C36H43N3O5/c40-33(35(42)37-28-17-8-2-1-3-9-18-28)32-22-13-23-39(32)36(43)31(24-26-14-6-4-7-15-26)38-34(41)27-16-12-21-30(25-27)44-29-19-10-5-11-20-29/h4-7,10-12,14-16,19-21,25,28,31-33,40H,1-3,8-9,13,17-18,22-24H2,(H,37,42)(H,38,41)/t31-,32-,33?/m0/s1. The van der Waals surface area contributed by atoms with Gasteiger partial charge < -0.3 is 25.4 Å². The van der Waals surface area contributed by atoms with Crippen molar-refractivity contribution in [2.45, 2.75) is 88.4 Å². The number of nitrogens with one attached hydrogen (secondary N) is 2. The van der Waals surface area contributed by atoms with Gasteiger partial charge in [-0.25, -0.2) is 0 Å². The van der Waals surface area contributed by atoms with Crippen molar-refractivity contribution in [1.29, 1.82) is 0 Å². The Morgan fingerprint density at radius 3 is 2.18 bits per heavy atom. The maximum Gasteiger partial charge on any atom is 0.252 e. The van der Waals surface area contributed by atoms with E-state index in [1.807, 2.05) is 60.7 Å². The summed E-state index contributed by atoms with van der Waals surface area (Å²) in [5.41, 5.74) is 1.26. The van der Waals surface area contributed by atoms with Crippen LogP contribution < -0.4 is 15.4 Å². The zero-order chi connectivity index (χ0) is 30.7. The van der Waals surface area contributed by atoms with Crippen LogP contribution in [0.25, 0.3) is 0 Å². The Kier molecular flexibility index (Phi) is 11.0. The summed E-state index contributed by atoms with van der Waals surface area (Å²) in [6.45, 7) is 0.416. The lowest BCUT2D eigenvalue weighted by Crippen LogP contribution is -2.56. The minimum absolute atomic E-state index is 0.0507. The molecule has 1 heterocycles. The van der Waals surface area contributed by atoms with E-state index in [0.717, 1.165) is 31.2 Å². The predicted molar refractivity (Wildman–Crippen MR) is 169 cm³/mol. The molecule has 44 heavy (non-hydrogen) atoms. The quantitative estimate of drug-likeness (QED) is 0.290. The third-order valence-electron chi connectivity index (χ3n) is 8.63. The highest BCUT2D eigenvalue weighted by atomic mass is 16.5. The first kappa shape index (κ1) is 31.3. The first-order valence-corrected chi connectivity index (χ1v) is 15.9. The molecule has 2 fully saturated rings. The highest BCUT2D eigenvalue weighted by Crippen LogP contribution is 2.25. The van der Waals surface area contributed by atoms with Crippen molar-refractivity contribution < 1.29 is 24.2 Å². The smallest absolute Gasteiger partial charge is 0.252 e. The van der Waals surface area contributed by atoms with Gasteiger partial charge in [-0.05, 0) is 61.6 Å². The van der Waals surface area contributed by atoms with E-state index >= 15 is 0 Å². The molecule has 8 nitrogen and oxygen atoms in total. The summed E-state index contributed by atoms with van der Waals surface area (Å²) in [5.74, 6) is 0.0293. The van der Waals surface area contributed by atoms with Gasteiger partial charge in [-0.15, -0.1) is 0 Å². The van der Waals surface area contributed by atoms with Gasteiger partial charge in [0.25, 0.3) is 11.8 Å². The summed E-state index contributed by atoms with van der Waals surface area (Å²) in [4.78, 5) is 42.4. The van der Waals surface area contributed by atoms with E-state index in [1.165, 1.54) is 19.3 Å². The van der Waals surface area contributed by atoms with Crippen LogP contribution in [-0.4, -0.2) is 58.5 Å². The lowest BCUT2D eigenvalue weighted by molar-refractivity contribution is -0.141. The molecule has 1 saturated heterocycles. The fraction of sp³-hybridized carbons (Fsp3) is 0.417. The number of carbonyl (C=O) groups excluding carboxylic acids is 3. The second-order valence-electron chi connectivity index (χ2n) is 11.9. The van der Waals surface area contributed by atoms with Gasteiger partial charge in [0.15, 0.2) is 6.10 Å². The predicted octanol–water partition coefficient (Wildman–Crippen LogP) is 5.40. The molecule has 3 N–H and O–H groups in total. The molecule has 3 atom stereocenters. The second kappa shape index (κ2) is 15.5. The number of aliphatic hydroxyl groups excluding tert-OH is 1. The van der Waals surface area contributed by atoms with E-state index in [2.05, 4.69) is 10.6 Å². The van der Waals surface area contributed by atoms with Crippen LogP contribution in [0.1, 0.15) is 73.7 Å². The van der Waals surface area contributed by atoms with Crippen LogP contribution in [-0.2, 0) is 16.0 Å². The van der Waals surface area contributed by atoms with E-state index < -0.39 is 30.0 Å². The minimum Gasteiger partial charge on any atom is -0.457 e. The normalized spacial score (nSPS) is 18.8. The number of benzene rings is 3. The van der Waals surface area contributed by atoms with E-state index in [0.29, 0.717) is 36.4 Å². The summed E-state index contributed by atoms with van der Waals surface area (Å²) < 4.78 is 5.91. The third-order valence-corrected chi connectivity index (χ3v) is 8.63. The molecule has 5 rings (SSSR count). The molecular weight excluding hydrogens is 554 g/mol. The summed E-state index contributed by atoms with van der Waals surface area (Å²) >= 11 is 0. The molecule has 0 aromatic heterocycles. The van der Waals surface area contributed by atoms with Crippen LogP contribution in [0.3, 0.4) is 0 Å². The van der Waals surface area contributed by atoms with Crippen molar-refractivity contribution in [2.24, 2.45) is 0 Å². The molecule has 0 spiro atoms. The molecule has 3 amide bonds.